The minimum atomic E-state index is -0.146. The molecule has 1 aromatic carbocycles. The zero-order valence-electron chi connectivity index (χ0n) is 11.6. The Bertz CT molecular complexity index is 544. The average molecular weight is 306 g/mol. The van der Waals surface area contributed by atoms with Gasteiger partial charge in [0, 0.05) is 24.3 Å². The van der Waals surface area contributed by atoms with Gasteiger partial charge < -0.3 is 16.4 Å². The van der Waals surface area contributed by atoms with Crippen molar-refractivity contribution in [2.24, 2.45) is 5.73 Å². The number of benzene rings is 1. The molecule has 1 aliphatic heterocycles. The molecule has 2 rings (SSSR count). The first-order valence-electron chi connectivity index (χ1n) is 6.73. The fourth-order valence-electron chi connectivity index (χ4n) is 2.12. The molecule has 1 heterocycles. The van der Waals surface area contributed by atoms with E-state index in [0.717, 1.165) is 18.5 Å². The van der Waals surface area contributed by atoms with Gasteiger partial charge in [-0.2, -0.15) is 0 Å². The van der Waals surface area contributed by atoms with E-state index in [1.165, 1.54) is 0 Å². The van der Waals surface area contributed by atoms with E-state index in [1.807, 2.05) is 4.90 Å². The SMILES string of the molecule is NC(=S)c1ccc(NC(=O)CN2CCCNC(=O)C2)cc1. The number of hydrogen-bond donors (Lipinski definition) is 3. The van der Waals surface area contributed by atoms with Gasteiger partial charge in [0.2, 0.25) is 11.8 Å². The smallest absolute Gasteiger partial charge is 0.238 e. The van der Waals surface area contributed by atoms with Crippen molar-refractivity contribution < 1.29 is 9.59 Å². The number of nitrogens with zero attached hydrogens (tertiary/aromatic N) is 1. The van der Waals surface area contributed by atoms with Crippen molar-refractivity contribution in [3.63, 3.8) is 0 Å². The number of nitrogens with two attached hydrogens (primary N) is 1. The molecule has 0 bridgehead atoms. The van der Waals surface area contributed by atoms with Crippen LogP contribution in [0.2, 0.25) is 0 Å². The van der Waals surface area contributed by atoms with Gasteiger partial charge in [-0.25, -0.2) is 0 Å². The predicted molar refractivity (Wildman–Crippen MR) is 85.0 cm³/mol. The second-order valence-electron chi connectivity index (χ2n) is 4.90. The lowest BCUT2D eigenvalue weighted by atomic mass is 10.2. The molecular formula is C14H18N4O2S. The lowest BCUT2D eigenvalue weighted by Gasteiger charge is -2.17. The van der Waals surface area contributed by atoms with Crippen LogP contribution in [0, 0.1) is 0 Å². The number of rotatable bonds is 4. The molecule has 2 amide bonds. The van der Waals surface area contributed by atoms with Crippen LogP contribution < -0.4 is 16.4 Å². The number of amides is 2. The number of hydrogen-bond acceptors (Lipinski definition) is 4. The summed E-state index contributed by atoms with van der Waals surface area (Å²) in [6.45, 7) is 1.85. The summed E-state index contributed by atoms with van der Waals surface area (Å²) in [7, 11) is 0. The second kappa shape index (κ2) is 7.14. The summed E-state index contributed by atoms with van der Waals surface area (Å²) in [5.41, 5.74) is 6.95. The molecule has 0 saturated carbocycles. The van der Waals surface area contributed by atoms with Crippen molar-refractivity contribution in [1.29, 1.82) is 0 Å². The van der Waals surface area contributed by atoms with Crippen LogP contribution in [0.5, 0.6) is 0 Å². The molecule has 1 saturated heterocycles. The van der Waals surface area contributed by atoms with Crippen LogP contribution in [0.15, 0.2) is 24.3 Å². The highest BCUT2D eigenvalue weighted by molar-refractivity contribution is 7.80. The Hall–Kier alpha value is -1.99. The molecule has 0 aliphatic carbocycles. The molecule has 1 aromatic rings. The van der Waals surface area contributed by atoms with Gasteiger partial charge in [0.05, 0.1) is 13.1 Å². The van der Waals surface area contributed by atoms with Crippen LogP contribution in [0.3, 0.4) is 0 Å². The van der Waals surface area contributed by atoms with Crippen molar-refractivity contribution in [1.82, 2.24) is 10.2 Å². The quantitative estimate of drug-likeness (QED) is 0.686. The van der Waals surface area contributed by atoms with Gasteiger partial charge in [0.1, 0.15) is 4.99 Å². The summed E-state index contributed by atoms with van der Waals surface area (Å²) in [5, 5.41) is 5.57. The van der Waals surface area contributed by atoms with Crippen LogP contribution in [0.4, 0.5) is 5.69 Å². The van der Waals surface area contributed by atoms with Crippen LogP contribution >= 0.6 is 12.2 Å². The van der Waals surface area contributed by atoms with Gasteiger partial charge >= 0.3 is 0 Å². The number of thiocarbonyl (C=S) groups is 1. The van der Waals surface area contributed by atoms with Crippen LogP contribution in [-0.2, 0) is 9.59 Å². The molecule has 0 aromatic heterocycles. The van der Waals surface area contributed by atoms with E-state index in [9.17, 15) is 9.59 Å². The molecule has 112 valence electrons. The van der Waals surface area contributed by atoms with Crippen molar-refractivity contribution >= 4 is 34.7 Å². The maximum absolute atomic E-state index is 12.0. The average Bonchev–Trinajstić information content (AvgIpc) is 2.63. The Balaban J connectivity index is 1.88. The first kappa shape index (κ1) is 15.4. The molecule has 0 atom stereocenters. The Morgan fingerprint density at radius 1 is 1.38 bits per heavy atom. The second-order valence-corrected chi connectivity index (χ2v) is 5.34. The van der Waals surface area contributed by atoms with E-state index in [0.29, 0.717) is 17.2 Å². The monoisotopic (exact) mass is 306 g/mol. The Kier molecular flexibility index (Phi) is 5.24. The highest BCUT2D eigenvalue weighted by Crippen LogP contribution is 2.09. The van der Waals surface area contributed by atoms with E-state index >= 15 is 0 Å². The van der Waals surface area contributed by atoms with Crippen LogP contribution in [0.25, 0.3) is 0 Å². The predicted octanol–water partition coefficient (Wildman–Crippen LogP) is 0.0812. The Morgan fingerprint density at radius 3 is 2.76 bits per heavy atom. The van der Waals surface area contributed by atoms with Crippen molar-refractivity contribution in [2.45, 2.75) is 6.42 Å². The first-order valence-corrected chi connectivity index (χ1v) is 7.14. The third kappa shape index (κ3) is 4.80. The van der Waals surface area contributed by atoms with E-state index < -0.39 is 0 Å². The summed E-state index contributed by atoms with van der Waals surface area (Å²) < 4.78 is 0. The third-order valence-corrected chi connectivity index (χ3v) is 3.40. The minimum absolute atomic E-state index is 0.0406. The molecule has 0 radical (unpaired) electrons. The molecular weight excluding hydrogens is 288 g/mol. The largest absolute Gasteiger partial charge is 0.389 e. The summed E-state index contributed by atoms with van der Waals surface area (Å²) in [6, 6.07) is 7.03. The number of carbonyl (C=O) groups excluding carboxylic acids is 2. The first-order chi connectivity index (χ1) is 10.0. The fraction of sp³-hybridized carbons (Fsp3) is 0.357. The summed E-state index contributed by atoms with van der Waals surface area (Å²) in [6.07, 6.45) is 0.849. The topological polar surface area (TPSA) is 87.5 Å². The molecule has 1 fully saturated rings. The molecule has 1 aliphatic rings. The van der Waals surface area contributed by atoms with Crippen molar-refractivity contribution in [3.8, 4) is 0 Å². The molecule has 4 N–H and O–H groups in total. The van der Waals surface area contributed by atoms with E-state index in [1.54, 1.807) is 24.3 Å². The van der Waals surface area contributed by atoms with Gasteiger partial charge in [0.15, 0.2) is 0 Å². The normalized spacial score (nSPS) is 15.9. The Labute approximate surface area is 128 Å². The molecule has 0 unspecified atom stereocenters. The number of nitrogens with one attached hydrogen (secondary N) is 2. The maximum atomic E-state index is 12.0. The summed E-state index contributed by atoms with van der Waals surface area (Å²) in [5.74, 6) is -0.186. The van der Waals surface area contributed by atoms with E-state index in [2.05, 4.69) is 10.6 Å². The molecule has 6 nitrogen and oxygen atoms in total. The van der Waals surface area contributed by atoms with Gasteiger partial charge in [-0.05, 0) is 30.7 Å². The standard InChI is InChI=1S/C14H18N4O2S/c15-14(21)10-2-4-11(5-3-10)17-13(20)9-18-7-1-6-16-12(19)8-18/h2-5H,1,6-9H2,(H2,15,21)(H,16,19)(H,17,20). The van der Waals surface area contributed by atoms with E-state index in [4.69, 9.17) is 18.0 Å². The third-order valence-electron chi connectivity index (χ3n) is 3.16. The summed E-state index contributed by atoms with van der Waals surface area (Å²) in [4.78, 5) is 25.6. The maximum Gasteiger partial charge on any atom is 0.238 e. The molecule has 0 spiro atoms. The lowest BCUT2D eigenvalue weighted by molar-refractivity contribution is -0.122. The van der Waals surface area contributed by atoms with Gasteiger partial charge in [-0.1, -0.05) is 12.2 Å². The van der Waals surface area contributed by atoms with Crippen molar-refractivity contribution in [3.05, 3.63) is 29.8 Å². The van der Waals surface area contributed by atoms with Gasteiger partial charge in [-0.3, -0.25) is 14.5 Å². The molecule has 7 heteroatoms. The fourth-order valence-corrected chi connectivity index (χ4v) is 2.26. The van der Waals surface area contributed by atoms with Crippen molar-refractivity contribution in [2.75, 3.05) is 31.5 Å². The number of anilines is 1. The highest BCUT2D eigenvalue weighted by atomic mass is 32.1. The van der Waals surface area contributed by atoms with Gasteiger partial charge in [-0.15, -0.1) is 0 Å². The number of carbonyl (C=O) groups is 2. The zero-order valence-corrected chi connectivity index (χ0v) is 12.4. The Morgan fingerprint density at radius 2 is 2.10 bits per heavy atom. The summed E-state index contributed by atoms with van der Waals surface area (Å²) >= 11 is 4.87. The van der Waals surface area contributed by atoms with E-state index in [-0.39, 0.29) is 24.9 Å². The minimum Gasteiger partial charge on any atom is -0.389 e. The lowest BCUT2D eigenvalue weighted by Crippen LogP contribution is -2.38. The zero-order chi connectivity index (χ0) is 15.2. The van der Waals surface area contributed by atoms with Crippen LogP contribution in [0.1, 0.15) is 12.0 Å². The van der Waals surface area contributed by atoms with Crippen LogP contribution in [-0.4, -0.2) is 47.9 Å². The van der Waals surface area contributed by atoms with Gasteiger partial charge in [0.25, 0.3) is 0 Å². The highest BCUT2D eigenvalue weighted by Gasteiger charge is 2.17. The molecule has 21 heavy (non-hydrogen) atoms.